The summed E-state index contributed by atoms with van der Waals surface area (Å²) in [5.74, 6) is 0.0852. The highest BCUT2D eigenvalue weighted by Gasteiger charge is 2.16. The van der Waals surface area contributed by atoms with E-state index in [1.165, 1.54) is 14.0 Å². The maximum atomic E-state index is 11.7. The molecule has 104 valence electrons. The van der Waals surface area contributed by atoms with Crippen LogP contribution in [-0.2, 0) is 4.79 Å². The monoisotopic (exact) mass is 264 g/mol. The minimum Gasteiger partial charge on any atom is -0.410 e. The van der Waals surface area contributed by atoms with Crippen LogP contribution in [0.1, 0.15) is 18.1 Å². The van der Waals surface area contributed by atoms with E-state index in [0.717, 1.165) is 21.7 Å². The lowest BCUT2D eigenvalue weighted by atomic mass is 10.1. The average Bonchev–Trinajstić information content (AvgIpc) is 2.25. The number of hydrogen-bond donors (Lipinski definition) is 0. The Hall–Kier alpha value is -2.04. The largest absolute Gasteiger partial charge is 0.421 e. The van der Waals surface area contributed by atoms with Gasteiger partial charge in [0.25, 0.3) is 0 Å². The van der Waals surface area contributed by atoms with Crippen molar-refractivity contribution in [2.45, 2.75) is 20.8 Å². The van der Waals surface area contributed by atoms with Crippen LogP contribution in [0.2, 0.25) is 0 Å². The minimum atomic E-state index is -0.677. The van der Waals surface area contributed by atoms with E-state index in [1.807, 2.05) is 32.8 Å². The average molecular weight is 264 g/mol. The number of carbonyl (C=O) groups is 2. The molecule has 0 bridgehead atoms. The lowest BCUT2D eigenvalue weighted by molar-refractivity contribution is -0.125. The van der Waals surface area contributed by atoms with Crippen LogP contribution in [0.15, 0.2) is 12.1 Å². The molecule has 0 fully saturated rings. The Balaban J connectivity index is 2.99. The fourth-order valence-electron chi connectivity index (χ4n) is 1.98. The summed E-state index contributed by atoms with van der Waals surface area (Å²) in [5, 5.41) is 0. The van der Waals surface area contributed by atoms with E-state index in [2.05, 4.69) is 0 Å². The third kappa shape index (κ3) is 3.47. The molecule has 0 atom stereocenters. The molecule has 2 amide bonds. The van der Waals surface area contributed by atoms with Gasteiger partial charge in [-0.05, 0) is 37.1 Å². The number of imide groups is 1. The van der Waals surface area contributed by atoms with Crippen molar-refractivity contribution in [3.63, 3.8) is 0 Å². The predicted octanol–water partition coefficient (Wildman–Crippen LogP) is 2.35. The van der Waals surface area contributed by atoms with E-state index in [1.54, 1.807) is 12.1 Å². The van der Waals surface area contributed by atoms with Gasteiger partial charge in [-0.25, -0.2) is 4.79 Å². The van der Waals surface area contributed by atoms with Gasteiger partial charge in [0.15, 0.2) is 0 Å². The Labute approximate surface area is 113 Å². The van der Waals surface area contributed by atoms with E-state index in [9.17, 15) is 9.59 Å². The lowest BCUT2D eigenvalue weighted by Gasteiger charge is -2.20. The molecule has 0 saturated carbocycles. The van der Waals surface area contributed by atoms with Crippen LogP contribution in [0.3, 0.4) is 0 Å². The third-order valence-corrected chi connectivity index (χ3v) is 2.86. The molecule has 0 heterocycles. The first-order valence-electron chi connectivity index (χ1n) is 5.98. The van der Waals surface area contributed by atoms with Crippen LogP contribution in [0.5, 0.6) is 5.75 Å². The Morgan fingerprint density at radius 3 is 1.89 bits per heavy atom. The summed E-state index contributed by atoms with van der Waals surface area (Å²) in [6.45, 7) is 5.22. The van der Waals surface area contributed by atoms with Gasteiger partial charge >= 0.3 is 6.09 Å². The molecule has 5 heteroatoms. The number of nitrogens with zero attached hydrogens (tertiary/aromatic N) is 2. The second kappa shape index (κ2) is 5.73. The zero-order valence-electron chi connectivity index (χ0n) is 12.3. The number of carbonyl (C=O) groups excluding carboxylic acids is 2. The Bertz CT molecular complexity index is 486. The van der Waals surface area contributed by atoms with Crippen molar-refractivity contribution < 1.29 is 14.3 Å². The van der Waals surface area contributed by atoms with Crippen LogP contribution >= 0.6 is 0 Å². The minimum absolute atomic E-state index is 0.358. The van der Waals surface area contributed by atoms with Gasteiger partial charge in [-0.1, -0.05) is 0 Å². The third-order valence-electron chi connectivity index (χ3n) is 2.86. The van der Waals surface area contributed by atoms with Gasteiger partial charge < -0.3 is 9.64 Å². The van der Waals surface area contributed by atoms with Crippen molar-refractivity contribution in [2.75, 3.05) is 26.0 Å². The van der Waals surface area contributed by atoms with Crippen molar-refractivity contribution in [2.24, 2.45) is 0 Å². The molecule has 0 radical (unpaired) electrons. The molecule has 0 N–H and O–H groups in total. The fourth-order valence-corrected chi connectivity index (χ4v) is 1.98. The number of anilines is 1. The first-order chi connectivity index (χ1) is 8.73. The van der Waals surface area contributed by atoms with Gasteiger partial charge in [0, 0.05) is 33.8 Å². The van der Waals surface area contributed by atoms with E-state index >= 15 is 0 Å². The van der Waals surface area contributed by atoms with Crippen LogP contribution in [0, 0.1) is 13.8 Å². The fraction of sp³-hybridized carbons (Fsp3) is 0.429. The highest BCUT2D eigenvalue weighted by atomic mass is 16.6. The molecular formula is C14H20N2O3. The SMILES string of the molecule is CC(=O)N(C)C(=O)Oc1cc(C)c(N(C)C)c(C)c1. The molecule has 1 aromatic rings. The number of ether oxygens (including phenoxy) is 1. The zero-order valence-corrected chi connectivity index (χ0v) is 12.3. The standard InChI is InChI=1S/C14H20N2O3/c1-9-7-12(8-10(2)13(9)15(4)5)19-14(18)16(6)11(3)17/h7-8H,1-6H3. The van der Waals surface area contributed by atoms with Gasteiger partial charge in [0.2, 0.25) is 5.91 Å². The van der Waals surface area contributed by atoms with Crippen molar-refractivity contribution >= 4 is 17.7 Å². The van der Waals surface area contributed by atoms with E-state index in [4.69, 9.17) is 4.74 Å². The topological polar surface area (TPSA) is 49.9 Å². The van der Waals surface area contributed by atoms with E-state index in [0.29, 0.717) is 5.75 Å². The summed E-state index contributed by atoms with van der Waals surface area (Å²) in [5.41, 5.74) is 3.12. The molecule has 0 aliphatic rings. The summed E-state index contributed by atoms with van der Waals surface area (Å²) in [7, 11) is 5.31. The van der Waals surface area contributed by atoms with Gasteiger partial charge in [-0.3, -0.25) is 9.69 Å². The van der Waals surface area contributed by atoms with Crippen molar-refractivity contribution in [3.8, 4) is 5.75 Å². The molecule has 5 nitrogen and oxygen atoms in total. The highest BCUT2D eigenvalue weighted by molar-refractivity contribution is 5.91. The Kier molecular flexibility index (Phi) is 4.53. The van der Waals surface area contributed by atoms with Gasteiger partial charge in [-0.15, -0.1) is 0 Å². The second-order valence-electron chi connectivity index (χ2n) is 4.75. The molecular weight excluding hydrogens is 244 g/mol. The highest BCUT2D eigenvalue weighted by Crippen LogP contribution is 2.28. The summed E-state index contributed by atoms with van der Waals surface area (Å²) in [6, 6.07) is 3.57. The van der Waals surface area contributed by atoms with E-state index in [-0.39, 0.29) is 5.91 Å². The Morgan fingerprint density at radius 1 is 1.05 bits per heavy atom. The van der Waals surface area contributed by atoms with Gasteiger partial charge in [-0.2, -0.15) is 0 Å². The summed E-state index contributed by atoms with van der Waals surface area (Å²) >= 11 is 0. The molecule has 0 saturated heterocycles. The summed E-state index contributed by atoms with van der Waals surface area (Å²) in [4.78, 5) is 25.7. The number of amides is 2. The molecule has 0 aromatic heterocycles. The second-order valence-corrected chi connectivity index (χ2v) is 4.75. The molecule has 0 aliphatic heterocycles. The van der Waals surface area contributed by atoms with Crippen LogP contribution in [0.25, 0.3) is 0 Å². The maximum Gasteiger partial charge on any atom is 0.421 e. The first kappa shape index (κ1) is 15.0. The van der Waals surface area contributed by atoms with Crippen molar-refractivity contribution in [3.05, 3.63) is 23.3 Å². The van der Waals surface area contributed by atoms with Crippen LogP contribution in [0.4, 0.5) is 10.5 Å². The smallest absolute Gasteiger partial charge is 0.410 e. The maximum absolute atomic E-state index is 11.7. The molecule has 0 spiro atoms. The first-order valence-corrected chi connectivity index (χ1v) is 5.98. The van der Waals surface area contributed by atoms with Gasteiger partial charge in [0.1, 0.15) is 5.75 Å². The quantitative estimate of drug-likeness (QED) is 0.822. The molecule has 1 rings (SSSR count). The number of rotatable bonds is 2. The van der Waals surface area contributed by atoms with E-state index < -0.39 is 6.09 Å². The summed E-state index contributed by atoms with van der Waals surface area (Å²) < 4.78 is 5.18. The van der Waals surface area contributed by atoms with Crippen LogP contribution < -0.4 is 9.64 Å². The molecule has 19 heavy (non-hydrogen) atoms. The lowest BCUT2D eigenvalue weighted by Crippen LogP contribution is -2.33. The van der Waals surface area contributed by atoms with Crippen molar-refractivity contribution in [1.29, 1.82) is 0 Å². The summed E-state index contributed by atoms with van der Waals surface area (Å²) in [6.07, 6.45) is -0.677. The van der Waals surface area contributed by atoms with Gasteiger partial charge in [0.05, 0.1) is 0 Å². The number of benzene rings is 1. The number of aryl methyl sites for hydroxylation is 2. The Morgan fingerprint density at radius 2 is 1.53 bits per heavy atom. The van der Waals surface area contributed by atoms with Crippen molar-refractivity contribution in [1.82, 2.24) is 4.90 Å². The zero-order chi connectivity index (χ0) is 14.7. The normalized spacial score (nSPS) is 10.0. The molecule has 0 unspecified atom stereocenters. The number of hydrogen-bond acceptors (Lipinski definition) is 4. The molecule has 0 aliphatic carbocycles. The predicted molar refractivity (Wildman–Crippen MR) is 74.7 cm³/mol. The van der Waals surface area contributed by atoms with Crippen LogP contribution in [-0.4, -0.2) is 38.0 Å². The molecule has 1 aromatic carbocycles.